The summed E-state index contributed by atoms with van der Waals surface area (Å²) in [7, 11) is 0. The summed E-state index contributed by atoms with van der Waals surface area (Å²) in [5.74, 6) is -0.0124. The summed E-state index contributed by atoms with van der Waals surface area (Å²) in [6.07, 6.45) is 2.94. The zero-order chi connectivity index (χ0) is 25.0. The van der Waals surface area contributed by atoms with Crippen LogP contribution in [0.4, 0.5) is 4.39 Å². The molecule has 0 radical (unpaired) electrons. The average molecular weight is 655 g/mol. The topological polar surface area (TPSA) is 41.6 Å². The Labute approximate surface area is 225 Å². The first-order valence-corrected chi connectivity index (χ1v) is 15.2. The number of aliphatic imine (C=N–C) groups is 1. The van der Waals surface area contributed by atoms with Crippen LogP contribution in [0.25, 0.3) is 0 Å². The molecule has 0 amide bonds. The maximum Gasteiger partial charge on any atom is 0.126 e. The molecule has 2 N–H and O–H groups in total. The number of benzene rings is 3. The van der Waals surface area contributed by atoms with Gasteiger partial charge in [0.15, 0.2) is 0 Å². The Bertz CT molecular complexity index is 1100. The van der Waals surface area contributed by atoms with Crippen LogP contribution in [0.15, 0.2) is 105 Å². The first kappa shape index (κ1) is 27.0. The zero-order valence-electron chi connectivity index (χ0n) is 20.5. The first-order chi connectivity index (χ1) is 17.1. The van der Waals surface area contributed by atoms with Gasteiger partial charge in [0.1, 0.15) is 5.82 Å². The van der Waals surface area contributed by atoms with Crippen LogP contribution >= 0.6 is 0 Å². The Hall–Kier alpha value is -2.56. The van der Waals surface area contributed by atoms with Crippen LogP contribution in [0.3, 0.4) is 0 Å². The first-order valence-electron chi connectivity index (χ1n) is 12.1. The zero-order valence-corrected chi connectivity index (χ0v) is 26.0. The van der Waals surface area contributed by atoms with Crippen LogP contribution in [-0.2, 0) is 39.1 Å². The minimum atomic E-state index is -0.122. The second-order valence-electron chi connectivity index (χ2n) is 8.53. The summed E-state index contributed by atoms with van der Waals surface area (Å²) in [4.78, 5) is 7.00. The predicted octanol–water partition coefficient (Wildman–Crippen LogP) is 6.34. The molecule has 35 heavy (non-hydrogen) atoms. The molecule has 3 aromatic rings. The van der Waals surface area contributed by atoms with Crippen molar-refractivity contribution in [2.45, 2.75) is 32.2 Å². The molecular formula is C30H33FHgN3. The van der Waals surface area contributed by atoms with E-state index in [4.69, 9.17) is 5.73 Å². The molecule has 1 heterocycles. The van der Waals surface area contributed by atoms with Crippen molar-refractivity contribution in [2.75, 3.05) is 13.1 Å². The molecule has 0 saturated heterocycles. The van der Waals surface area contributed by atoms with Crippen LogP contribution < -0.4 is 5.73 Å². The van der Waals surface area contributed by atoms with Gasteiger partial charge in [-0.05, 0) is 40.3 Å². The molecule has 5 heteroatoms. The largest absolute Gasteiger partial charge is 0.390 e. The maximum atomic E-state index is 14.0. The van der Waals surface area contributed by atoms with Gasteiger partial charge in [-0.2, -0.15) is 0 Å². The molecule has 3 nitrogen and oxygen atoms in total. The summed E-state index contributed by atoms with van der Waals surface area (Å²) >= 11 is 0.830. The van der Waals surface area contributed by atoms with Gasteiger partial charge in [-0.25, -0.2) is 9.38 Å². The summed E-state index contributed by atoms with van der Waals surface area (Å²) in [6.45, 7) is 7.91. The fourth-order valence-corrected chi connectivity index (χ4v) is 4.61. The molecule has 0 atom stereocenters. The normalized spacial score (nSPS) is 14.2. The van der Waals surface area contributed by atoms with E-state index in [1.54, 1.807) is 6.07 Å². The van der Waals surface area contributed by atoms with E-state index in [1.165, 1.54) is 23.0 Å². The molecule has 0 bridgehead atoms. The standard InChI is InChI=1S/C28H30FN3.C2H3.Hg/c1-2-22-17-21(13-14-26(22)29)18-32-16-15-27(31-20-30)25(19-32)28(23-9-5-3-6-10-23)24-11-7-4-8-12-24;1-2;/h3-14,17,20,28H,2,15-16,18-19H2,1H3,(H2,30,31);1H,2H2;. The summed E-state index contributed by atoms with van der Waals surface area (Å²) in [5, 5.41) is 0. The van der Waals surface area contributed by atoms with E-state index in [1.807, 2.05) is 34.8 Å². The van der Waals surface area contributed by atoms with Crippen molar-refractivity contribution in [1.82, 2.24) is 4.90 Å². The molecule has 1 aliphatic heterocycles. The number of rotatable bonds is 7. The van der Waals surface area contributed by atoms with Crippen molar-refractivity contribution in [1.29, 1.82) is 0 Å². The molecule has 0 unspecified atom stereocenters. The Kier molecular flexibility index (Phi) is 10.9. The van der Waals surface area contributed by atoms with Crippen molar-refractivity contribution in [2.24, 2.45) is 10.7 Å². The van der Waals surface area contributed by atoms with Crippen molar-refractivity contribution >= 4 is 6.34 Å². The summed E-state index contributed by atoms with van der Waals surface area (Å²) in [6, 6.07) is 26.7. The fourth-order valence-electron chi connectivity index (χ4n) is 4.61. The number of nitrogens with two attached hydrogens (primary N) is 1. The molecule has 0 saturated carbocycles. The van der Waals surface area contributed by atoms with Crippen LogP contribution in [0.2, 0.25) is 0 Å². The number of nitrogens with zero attached hydrogens (tertiary/aromatic N) is 2. The molecule has 3 aromatic carbocycles. The number of hydrogen-bond acceptors (Lipinski definition) is 2. The quantitative estimate of drug-likeness (QED) is 0.184. The second-order valence-corrected chi connectivity index (χ2v) is 10.8. The van der Waals surface area contributed by atoms with Crippen molar-refractivity contribution in [3.8, 4) is 0 Å². The third-order valence-corrected chi connectivity index (χ3v) is 6.17. The number of aryl methyl sites for hydroxylation is 1. The van der Waals surface area contributed by atoms with E-state index in [0.29, 0.717) is 6.42 Å². The second kappa shape index (κ2) is 14.1. The van der Waals surface area contributed by atoms with E-state index in [-0.39, 0.29) is 11.7 Å². The maximum absolute atomic E-state index is 14.0. The Morgan fingerprint density at radius 2 is 1.66 bits per heavy atom. The Morgan fingerprint density at radius 1 is 1.06 bits per heavy atom. The van der Waals surface area contributed by atoms with Gasteiger partial charge in [-0.1, -0.05) is 79.7 Å². The average Bonchev–Trinajstić information content (AvgIpc) is 2.89. The summed E-state index contributed by atoms with van der Waals surface area (Å²) < 4.78 is 15.9. The van der Waals surface area contributed by atoms with Gasteiger partial charge >= 0.3 is 36.3 Å². The van der Waals surface area contributed by atoms with Crippen molar-refractivity contribution < 1.29 is 30.5 Å². The molecule has 177 valence electrons. The van der Waals surface area contributed by atoms with Gasteiger partial charge < -0.3 is 5.73 Å². The number of halogens is 1. The fraction of sp³-hybridized carbons (Fsp3) is 0.233. The van der Waals surface area contributed by atoms with Gasteiger partial charge in [-0.3, -0.25) is 4.90 Å². The molecular weight excluding hydrogens is 622 g/mol. The van der Waals surface area contributed by atoms with Crippen LogP contribution in [0.5, 0.6) is 0 Å². The Balaban J connectivity index is 0.00000108. The monoisotopic (exact) mass is 656 g/mol. The molecule has 0 aromatic heterocycles. The SMILES string of the molecule is C=[CH][Hg].CCc1cc(CN2CCC(N=CN)=C(C(c3ccccc3)c3ccccc3)C2)ccc1F. The molecule has 0 fully saturated rings. The minimum Gasteiger partial charge on any atom is -0.390 e. The van der Waals surface area contributed by atoms with E-state index in [0.717, 1.165) is 69.0 Å². The summed E-state index contributed by atoms with van der Waals surface area (Å²) in [5.41, 5.74) is 12.5. The van der Waals surface area contributed by atoms with Gasteiger partial charge in [0.25, 0.3) is 0 Å². The van der Waals surface area contributed by atoms with E-state index in [9.17, 15) is 4.39 Å². The van der Waals surface area contributed by atoms with Crippen molar-refractivity contribution in [3.05, 3.63) is 128 Å². The molecule has 4 rings (SSSR count). The Morgan fingerprint density at radius 3 is 2.20 bits per heavy atom. The van der Waals surface area contributed by atoms with Crippen LogP contribution in [-0.4, -0.2) is 24.3 Å². The van der Waals surface area contributed by atoms with Gasteiger partial charge in [0.2, 0.25) is 0 Å². The van der Waals surface area contributed by atoms with Crippen LogP contribution in [0.1, 0.15) is 41.5 Å². The van der Waals surface area contributed by atoms with Gasteiger partial charge in [-0.15, -0.1) is 0 Å². The van der Waals surface area contributed by atoms with Crippen LogP contribution in [0, 0.1) is 5.82 Å². The number of hydrogen-bond donors (Lipinski definition) is 1. The third-order valence-electron chi connectivity index (χ3n) is 6.17. The van der Waals surface area contributed by atoms with E-state index >= 15 is 0 Å². The molecule has 1 aliphatic rings. The third kappa shape index (κ3) is 7.46. The predicted molar refractivity (Wildman–Crippen MR) is 140 cm³/mol. The molecule has 0 spiro atoms. The van der Waals surface area contributed by atoms with E-state index < -0.39 is 0 Å². The van der Waals surface area contributed by atoms with Crippen molar-refractivity contribution in [3.63, 3.8) is 0 Å². The van der Waals surface area contributed by atoms with E-state index in [2.05, 4.69) is 65.0 Å². The van der Waals surface area contributed by atoms with Gasteiger partial charge in [0, 0.05) is 37.7 Å². The smallest absolute Gasteiger partial charge is 0.126 e. The van der Waals surface area contributed by atoms with Gasteiger partial charge in [0.05, 0.1) is 6.34 Å². The molecule has 0 aliphatic carbocycles. The minimum absolute atomic E-state index is 0.110.